The number of likely N-dealkylation sites (tertiary alicyclic amines) is 2. The van der Waals surface area contributed by atoms with E-state index < -0.39 is 47.2 Å². The number of benzene rings is 3. The molecular weight excluding hydrogens is 765 g/mol. The van der Waals surface area contributed by atoms with Crippen molar-refractivity contribution in [1.29, 1.82) is 0 Å². The molecule has 0 aromatic heterocycles. The van der Waals surface area contributed by atoms with Gasteiger partial charge in [0.15, 0.2) is 0 Å². The molecule has 3 aromatic rings. The first-order chi connectivity index (χ1) is 28.4. The second-order valence-corrected chi connectivity index (χ2v) is 17.7. The summed E-state index contributed by atoms with van der Waals surface area (Å²) in [5.74, 6) is -1.25. The number of anilines is 2. The zero-order chi connectivity index (χ0) is 43.8. The molecule has 2 aliphatic heterocycles. The molecular formula is C46H60N6O8. The molecule has 0 bridgehead atoms. The van der Waals surface area contributed by atoms with Gasteiger partial charge in [0.2, 0.25) is 23.6 Å². The van der Waals surface area contributed by atoms with Crippen molar-refractivity contribution in [2.24, 2.45) is 10.8 Å². The lowest BCUT2D eigenvalue weighted by molar-refractivity contribution is -0.140. The molecule has 14 heteroatoms. The predicted octanol–water partition coefficient (Wildman–Crippen LogP) is 6.46. The largest absolute Gasteiger partial charge is 0.453 e. The van der Waals surface area contributed by atoms with Gasteiger partial charge in [-0.15, -0.1) is 0 Å². The highest BCUT2D eigenvalue weighted by Gasteiger charge is 2.43. The molecule has 1 unspecified atom stereocenters. The van der Waals surface area contributed by atoms with Crippen LogP contribution < -0.4 is 21.3 Å². The van der Waals surface area contributed by atoms with Gasteiger partial charge in [0.25, 0.3) is 0 Å². The maximum Gasteiger partial charge on any atom is 0.407 e. The van der Waals surface area contributed by atoms with E-state index in [0.717, 1.165) is 16.7 Å². The number of ether oxygens (including phenoxy) is 2. The van der Waals surface area contributed by atoms with E-state index in [4.69, 9.17) is 9.47 Å². The van der Waals surface area contributed by atoms with Crippen LogP contribution in [0.15, 0.2) is 78.9 Å². The van der Waals surface area contributed by atoms with Gasteiger partial charge in [-0.1, -0.05) is 96.1 Å². The highest BCUT2D eigenvalue weighted by Crippen LogP contribution is 2.32. The van der Waals surface area contributed by atoms with E-state index >= 15 is 0 Å². The van der Waals surface area contributed by atoms with Crippen LogP contribution in [0.5, 0.6) is 0 Å². The highest BCUT2D eigenvalue weighted by molar-refractivity contribution is 6.00. The Labute approximate surface area is 353 Å². The molecule has 2 heterocycles. The van der Waals surface area contributed by atoms with E-state index in [-0.39, 0.29) is 29.5 Å². The van der Waals surface area contributed by atoms with Crippen molar-refractivity contribution >= 4 is 47.2 Å². The van der Waals surface area contributed by atoms with Gasteiger partial charge in [0.1, 0.15) is 24.2 Å². The van der Waals surface area contributed by atoms with Crippen LogP contribution in [0.2, 0.25) is 0 Å². The van der Waals surface area contributed by atoms with E-state index in [9.17, 15) is 28.8 Å². The maximum atomic E-state index is 13.7. The number of amides is 6. The third kappa shape index (κ3) is 11.2. The fourth-order valence-corrected chi connectivity index (χ4v) is 7.91. The molecule has 2 fully saturated rings. The van der Waals surface area contributed by atoms with E-state index in [1.165, 1.54) is 14.2 Å². The van der Waals surface area contributed by atoms with E-state index in [1.807, 2.05) is 108 Å². The summed E-state index contributed by atoms with van der Waals surface area (Å²) in [5.41, 5.74) is 3.19. The molecule has 2 aliphatic rings. The minimum atomic E-state index is -0.867. The predicted molar refractivity (Wildman–Crippen MR) is 229 cm³/mol. The molecule has 60 heavy (non-hydrogen) atoms. The fraction of sp³-hybridized carbons (Fsp3) is 0.478. The first kappa shape index (κ1) is 45.2. The number of carbonyl (C=O) groups is 6. The van der Waals surface area contributed by atoms with Crippen LogP contribution >= 0.6 is 0 Å². The van der Waals surface area contributed by atoms with Crippen LogP contribution in [-0.4, -0.2) is 97.1 Å². The van der Waals surface area contributed by atoms with Gasteiger partial charge in [-0.2, -0.15) is 0 Å². The minimum Gasteiger partial charge on any atom is -0.453 e. The Morgan fingerprint density at radius 1 is 0.600 bits per heavy atom. The summed E-state index contributed by atoms with van der Waals surface area (Å²) in [6.07, 6.45) is 1.60. The summed E-state index contributed by atoms with van der Waals surface area (Å²) in [7, 11) is 2.49. The number of hydrogen-bond acceptors (Lipinski definition) is 8. The number of methoxy groups -OCH3 is 2. The van der Waals surface area contributed by atoms with Gasteiger partial charge in [-0.25, -0.2) is 9.59 Å². The first-order valence-corrected chi connectivity index (χ1v) is 20.6. The van der Waals surface area contributed by atoms with Gasteiger partial charge >= 0.3 is 12.2 Å². The number of nitrogens with zero attached hydrogens (tertiary/aromatic N) is 2. The van der Waals surface area contributed by atoms with Crippen LogP contribution in [0, 0.1) is 10.8 Å². The lowest BCUT2D eigenvalue weighted by atomic mass is 9.85. The van der Waals surface area contributed by atoms with E-state index in [1.54, 1.807) is 9.80 Å². The summed E-state index contributed by atoms with van der Waals surface area (Å²) in [4.78, 5) is 81.8. The Kier molecular flexibility index (Phi) is 14.6. The Hall–Kier alpha value is -5.92. The summed E-state index contributed by atoms with van der Waals surface area (Å²) >= 11 is 0. The smallest absolute Gasteiger partial charge is 0.407 e. The Morgan fingerprint density at radius 2 is 1.00 bits per heavy atom. The lowest BCUT2D eigenvalue weighted by Gasteiger charge is -2.35. The van der Waals surface area contributed by atoms with Gasteiger partial charge in [0.05, 0.1) is 14.2 Å². The van der Waals surface area contributed by atoms with E-state index in [0.29, 0.717) is 56.6 Å². The van der Waals surface area contributed by atoms with Gasteiger partial charge < -0.3 is 40.5 Å². The quantitative estimate of drug-likeness (QED) is 0.161. The van der Waals surface area contributed by atoms with Crippen LogP contribution in [0.1, 0.15) is 89.8 Å². The molecule has 6 amide bonds. The van der Waals surface area contributed by atoms with Crippen molar-refractivity contribution in [2.45, 2.75) is 104 Å². The van der Waals surface area contributed by atoms with Crippen molar-refractivity contribution in [3.63, 3.8) is 0 Å². The number of hydrogen-bond donors (Lipinski definition) is 4. The van der Waals surface area contributed by atoms with Crippen LogP contribution in [-0.2, 0) is 35.1 Å². The number of nitrogens with one attached hydrogen (secondary N) is 4. The van der Waals surface area contributed by atoms with E-state index in [2.05, 4.69) is 33.4 Å². The molecule has 0 saturated carbocycles. The molecule has 14 nitrogen and oxygen atoms in total. The minimum absolute atomic E-state index is 0.0246. The third-order valence-electron chi connectivity index (χ3n) is 11.2. The molecule has 0 spiro atoms. The average molecular weight is 825 g/mol. The zero-order valence-electron chi connectivity index (χ0n) is 36.0. The monoisotopic (exact) mass is 824 g/mol. The summed E-state index contributed by atoms with van der Waals surface area (Å²) < 4.78 is 9.52. The van der Waals surface area contributed by atoms with Crippen molar-refractivity contribution < 1.29 is 38.2 Å². The topological polar surface area (TPSA) is 175 Å². The van der Waals surface area contributed by atoms with Gasteiger partial charge in [-0.3, -0.25) is 19.2 Å². The second-order valence-electron chi connectivity index (χ2n) is 17.7. The zero-order valence-corrected chi connectivity index (χ0v) is 36.0. The molecule has 5 rings (SSSR count). The molecule has 322 valence electrons. The summed E-state index contributed by atoms with van der Waals surface area (Å²) in [5, 5.41) is 11.3. The van der Waals surface area contributed by atoms with Crippen molar-refractivity contribution in [3.05, 3.63) is 95.6 Å². The molecule has 0 radical (unpaired) electrons. The van der Waals surface area contributed by atoms with Crippen molar-refractivity contribution in [2.75, 3.05) is 37.9 Å². The van der Waals surface area contributed by atoms with Gasteiger partial charge in [-0.05, 0) is 83.9 Å². The standard InChI is InChI=1S/C46H60N6O8/c1-45(2,3)37(49-43(57)59-7)41(55)51-26-12-16-35(51)39(53)47-32-22-18-29(19-23-32)28-34(30-14-10-9-11-15-30)31-20-24-33(25-21-31)48-40(54)36-17-13-27-52(36)42(56)38(46(4,5)6)50-44(58)60-8/h9-11,14-15,18-25,34-38H,12-13,16-17,26-28H2,1-8H3,(H,47,53)(H,48,54)(H,49,57)(H,50,58)/t34?,35-,36-,37+,38+/m0/s1. The number of alkyl carbamates (subject to hydrolysis) is 2. The number of carbonyl (C=O) groups excluding carboxylic acids is 6. The fourth-order valence-electron chi connectivity index (χ4n) is 7.91. The van der Waals surface area contributed by atoms with Crippen LogP contribution in [0.4, 0.5) is 21.0 Å². The van der Waals surface area contributed by atoms with Gasteiger partial charge in [0, 0.05) is 30.4 Å². The highest BCUT2D eigenvalue weighted by atomic mass is 16.5. The normalized spacial score (nSPS) is 18.1. The summed E-state index contributed by atoms with van der Waals surface area (Å²) in [6.45, 7) is 11.9. The Balaban J connectivity index is 1.25. The molecule has 4 N–H and O–H groups in total. The van der Waals surface area contributed by atoms with Crippen molar-refractivity contribution in [3.8, 4) is 0 Å². The molecule has 0 aliphatic carbocycles. The maximum absolute atomic E-state index is 13.7. The number of rotatable bonds is 12. The van der Waals surface area contributed by atoms with Crippen LogP contribution in [0.3, 0.4) is 0 Å². The second kappa shape index (κ2) is 19.4. The lowest BCUT2D eigenvalue weighted by Crippen LogP contribution is -2.57. The Bertz CT molecular complexity index is 1990. The van der Waals surface area contributed by atoms with Crippen molar-refractivity contribution in [1.82, 2.24) is 20.4 Å². The summed E-state index contributed by atoms with van der Waals surface area (Å²) in [6, 6.07) is 22.5. The molecule has 5 atom stereocenters. The Morgan fingerprint density at radius 3 is 1.40 bits per heavy atom. The SMILES string of the molecule is COC(=O)N[C@H](C(=O)N1CCC[C@H]1C(=O)Nc1ccc(CC(c2ccccc2)c2ccc(NC(=O)[C@@H]3CCCN3C(=O)[C@@H](NC(=O)OC)C(C)(C)C)cc2)cc1)C(C)(C)C. The first-order valence-electron chi connectivity index (χ1n) is 20.6. The van der Waals surface area contributed by atoms with Crippen LogP contribution in [0.25, 0.3) is 0 Å². The average Bonchev–Trinajstić information content (AvgIpc) is 3.92. The molecule has 3 aromatic carbocycles. The molecule has 2 saturated heterocycles. The third-order valence-corrected chi connectivity index (χ3v) is 11.2.